The van der Waals surface area contributed by atoms with Gasteiger partial charge in [-0.25, -0.2) is 0 Å². The van der Waals surface area contributed by atoms with Gasteiger partial charge in [-0.15, -0.1) is 0 Å². The highest BCUT2D eigenvalue weighted by Crippen LogP contribution is 2.43. The second kappa shape index (κ2) is 5.61. The van der Waals surface area contributed by atoms with E-state index >= 15 is 0 Å². The number of aromatic hydroxyl groups is 1. The van der Waals surface area contributed by atoms with E-state index in [4.69, 9.17) is 12.2 Å². The van der Waals surface area contributed by atoms with Gasteiger partial charge in [0, 0.05) is 16.1 Å². The Kier molecular flexibility index (Phi) is 3.54. The Hall–Kier alpha value is -2.38. The van der Waals surface area contributed by atoms with Gasteiger partial charge in [-0.1, -0.05) is 28.1 Å². The summed E-state index contributed by atoms with van der Waals surface area (Å²) in [7, 11) is 0. The molecular weight excluding hydrogens is 390 g/mol. The minimum atomic E-state index is -0.273. The largest absolute Gasteiger partial charge is 0.508 e. The lowest BCUT2D eigenvalue weighted by atomic mass is 9.83. The van der Waals surface area contributed by atoms with Gasteiger partial charge in [-0.2, -0.15) is 0 Å². The molecule has 0 spiro atoms. The van der Waals surface area contributed by atoms with E-state index in [0.29, 0.717) is 11.4 Å². The summed E-state index contributed by atoms with van der Waals surface area (Å²) in [5, 5.41) is 12.8. The maximum atomic E-state index is 12.6. The van der Waals surface area contributed by atoms with Crippen LogP contribution in [0.3, 0.4) is 0 Å². The number of rotatable bonds is 1. The lowest BCUT2D eigenvalue weighted by Crippen LogP contribution is -2.25. The number of halogens is 1. The van der Waals surface area contributed by atoms with Crippen LogP contribution in [-0.4, -0.2) is 15.1 Å². The van der Waals surface area contributed by atoms with Crippen molar-refractivity contribution in [3.63, 3.8) is 0 Å². The molecule has 1 aliphatic heterocycles. The maximum absolute atomic E-state index is 12.6. The zero-order valence-electron chi connectivity index (χ0n) is 12.3. The molecule has 1 unspecified atom stereocenters. The average Bonchev–Trinajstić information content (AvgIpc) is 2.54. The van der Waals surface area contributed by atoms with Crippen LogP contribution in [0.1, 0.15) is 22.6 Å². The minimum absolute atomic E-state index is 0.184. The Bertz CT molecular complexity index is 1060. The fraction of sp³-hybridized carbons (Fsp3) is 0.0588. The highest BCUT2D eigenvalue weighted by Gasteiger charge is 2.30. The molecule has 0 saturated heterocycles. The number of nitrogens with one attached hydrogen (secondary N) is 3. The van der Waals surface area contributed by atoms with Crippen molar-refractivity contribution in [2.24, 2.45) is 0 Å². The Morgan fingerprint density at radius 1 is 1.08 bits per heavy atom. The molecule has 0 amide bonds. The quantitative estimate of drug-likeness (QED) is 0.361. The third-order valence-corrected chi connectivity index (χ3v) is 4.78. The van der Waals surface area contributed by atoms with E-state index in [0.717, 1.165) is 21.3 Å². The van der Waals surface area contributed by atoms with E-state index in [1.54, 1.807) is 12.1 Å². The van der Waals surface area contributed by atoms with E-state index in [-0.39, 0.29) is 22.0 Å². The number of phenols is 1. The number of phenolic OH excluding ortho intramolecular Hbond substituents is 1. The first-order valence-corrected chi connectivity index (χ1v) is 8.45. The normalized spacial score (nSPS) is 15.3. The average molecular weight is 402 g/mol. The molecule has 1 aliphatic rings. The number of fused-ring (bicyclic) bond motifs is 2. The van der Waals surface area contributed by atoms with Gasteiger partial charge in [0.15, 0.2) is 4.77 Å². The number of aromatic amines is 2. The smallest absolute Gasteiger partial charge is 0.257 e. The zero-order valence-corrected chi connectivity index (χ0v) is 14.7. The van der Waals surface area contributed by atoms with Crippen molar-refractivity contribution in [1.29, 1.82) is 0 Å². The van der Waals surface area contributed by atoms with Crippen LogP contribution in [0.25, 0.3) is 0 Å². The van der Waals surface area contributed by atoms with Crippen LogP contribution in [0.15, 0.2) is 51.7 Å². The van der Waals surface area contributed by atoms with Gasteiger partial charge in [0.1, 0.15) is 11.6 Å². The van der Waals surface area contributed by atoms with E-state index in [2.05, 4.69) is 31.2 Å². The molecule has 0 saturated carbocycles. The van der Waals surface area contributed by atoms with E-state index in [1.807, 2.05) is 30.3 Å². The van der Waals surface area contributed by atoms with Crippen LogP contribution >= 0.6 is 28.1 Å². The second-order valence-electron chi connectivity index (χ2n) is 5.58. The van der Waals surface area contributed by atoms with Gasteiger partial charge in [0.2, 0.25) is 0 Å². The molecule has 1 aromatic heterocycles. The van der Waals surface area contributed by atoms with E-state index < -0.39 is 0 Å². The van der Waals surface area contributed by atoms with Gasteiger partial charge in [-0.3, -0.25) is 9.78 Å². The molecule has 1 atom stereocenters. The van der Waals surface area contributed by atoms with Crippen molar-refractivity contribution in [3.05, 3.63) is 78.8 Å². The number of hydrogen-bond donors (Lipinski definition) is 4. The number of hydrogen-bond acceptors (Lipinski definition) is 4. The molecule has 0 aliphatic carbocycles. The van der Waals surface area contributed by atoms with Crippen LogP contribution in [0, 0.1) is 4.77 Å². The third kappa shape index (κ3) is 2.46. The summed E-state index contributed by atoms with van der Waals surface area (Å²) in [6.07, 6.45) is 0. The summed E-state index contributed by atoms with van der Waals surface area (Å²) in [6, 6.07) is 12.8. The van der Waals surface area contributed by atoms with Crippen LogP contribution in [0.4, 0.5) is 11.5 Å². The molecule has 5 nitrogen and oxygen atoms in total. The summed E-state index contributed by atoms with van der Waals surface area (Å²) in [5.41, 5.74) is 3.12. The van der Waals surface area contributed by atoms with Gasteiger partial charge in [-0.05, 0) is 53.7 Å². The van der Waals surface area contributed by atoms with Crippen molar-refractivity contribution in [2.45, 2.75) is 5.92 Å². The van der Waals surface area contributed by atoms with Crippen molar-refractivity contribution in [1.82, 2.24) is 9.97 Å². The predicted molar refractivity (Wildman–Crippen MR) is 98.7 cm³/mol. The number of benzene rings is 2. The van der Waals surface area contributed by atoms with Gasteiger partial charge < -0.3 is 15.4 Å². The Labute approximate surface area is 150 Å². The van der Waals surface area contributed by atoms with Crippen LogP contribution in [-0.2, 0) is 0 Å². The molecular formula is C17H12BrN3O2S. The van der Waals surface area contributed by atoms with Crippen molar-refractivity contribution < 1.29 is 5.11 Å². The molecule has 2 heterocycles. The summed E-state index contributed by atoms with van der Waals surface area (Å²) < 4.78 is 1.20. The standard InChI is InChI=1S/C17H12BrN3O2S/c18-9-3-6-12-11(7-9)13(8-1-4-10(22)5-2-8)14-15(19-12)20-17(24)21-16(14)23/h1-7,13,22H,(H3,19,20,21,23,24). The highest BCUT2D eigenvalue weighted by atomic mass is 79.9. The van der Waals surface area contributed by atoms with Crippen molar-refractivity contribution in [2.75, 3.05) is 5.32 Å². The Morgan fingerprint density at radius 3 is 2.58 bits per heavy atom. The summed E-state index contributed by atoms with van der Waals surface area (Å²) in [5.74, 6) is 0.505. The summed E-state index contributed by atoms with van der Waals surface area (Å²) in [6.45, 7) is 0. The maximum Gasteiger partial charge on any atom is 0.257 e. The highest BCUT2D eigenvalue weighted by molar-refractivity contribution is 9.10. The summed E-state index contributed by atoms with van der Waals surface area (Å²) in [4.78, 5) is 18.3. The van der Waals surface area contributed by atoms with Gasteiger partial charge in [0.05, 0.1) is 5.56 Å². The lowest BCUT2D eigenvalue weighted by Gasteiger charge is -2.28. The van der Waals surface area contributed by atoms with Crippen LogP contribution in [0.5, 0.6) is 5.75 Å². The topological polar surface area (TPSA) is 80.9 Å². The van der Waals surface area contributed by atoms with Gasteiger partial charge >= 0.3 is 0 Å². The lowest BCUT2D eigenvalue weighted by molar-refractivity contribution is 0.475. The monoisotopic (exact) mass is 401 g/mol. The Balaban J connectivity index is 2.04. The molecule has 0 fully saturated rings. The molecule has 120 valence electrons. The first-order valence-electron chi connectivity index (χ1n) is 7.25. The Morgan fingerprint density at radius 2 is 1.83 bits per heavy atom. The minimum Gasteiger partial charge on any atom is -0.508 e. The molecule has 0 bridgehead atoms. The summed E-state index contributed by atoms with van der Waals surface area (Å²) >= 11 is 8.58. The zero-order chi connectivity index (χ0) is 16.8. The first kappa shape index (κ1) is 15.2. The van der Waals surface area contributed by atoms with Crippen LogP contribution in [0.2, 0.25) is 0 Å². The van der Waals surface area contributed by atoms with Crippen LogP contribution < -0.4 is 10.9 Å². The number of aromatic nitrogens is 2. The molecule has 0 radical (unpaired) electrons. The van der Waals surface area contributed by atoms with E-state index in [9.17, 15) is 9.90 Å². The molecule has 3 aromatic rings. The SMILES string of the molecule is O=c1[nH]c(=S)[nH]c2c1C(c1ccc(O)cc1)c1cc(Br)ccc1N2. The molecule has 24 heavy (non-hydrogen) atoms. The van der Waals surface area contributed by atoms with Crippen molar-refractivity contribution >= 4 is 39.7 Å². The third-order valence-electron chi connectivity index (χ3n) is 4.08. The van der Waals surface area contributed by atoms with Crippen molar-refractivity contribution in [3.8, 4) is 5.75 Å². The molecule has 4 rings (SSSR count). The number of anilines is 2. The fourth-order valence-corrected chi connectivity index (χ4v) is 3.63. The molecule has 7 heteroatoms. The fourth-order valence-electron chi connectivity index (χ4n) is 3.06. The van der Waals surface area contributed by atoms with E-state index in [1.165, 1.54) is 0 Å². The second-order valence-corrected chi connectivity index (χ2v) is 6.90. The number of H-pyrrole nitrogens is 2. The predicted octanol–water partition coefficient (Wildman–Crippen LogP) is 4.14. The van der Waals surface area contributed by atoms with Gasteiger partial charge in [0.25, 0.3) is 5.56 Å². The molecule has 2 aromatic carbocycles. The molecule has 4 N–H and O–H groups in total. The first-order chi connectivity index (χ1) is 11.5.